The van der Waals surface area contributed by atoms with E-state index in [0.717, 1.165) is 30.1 Å². The number of aromatic nitrogens is 2. The minimum atomic E-state index is -0.374. The van der Waals surface area contributed by atoms with E-state index >= 15 is 0 Å². The Morgan fingerprint density at radius 3 is 2.45 bits per heavy atom. The topological polar surface area (TPSA) is 87.7 Å². The third kappa shape index (κ3) is 4.95. The Kier molecular flexibility index (Phi) is 5.80. The van der Waals surface area contributed by atoms with Crippen molar-refractivity contribution in [3.8, 4) is 5.75 Å². The van der Waals surface area contributed by atoms with E-state index in [4.69, 9.17) is 4.74 Å². The molecule has 31 heavy (non-hydrogen) atoms. The summed E-state index contributed by atoms with van der Waals surface area (Å²) in [6, 6.07) is 9.31. The van der Waals surface area contributed by atoms with E-state index in [1.807, 2.05) is 56.0 Å². The molecule has 2 aliphatic rings. The highest BCUT2D eigenvalue weighted by atomic mass is 16.5. The van der Waals surface area contributed by atoms with E-state index in [1.165, 1.54) is 0 Å². The molecule has 0 unspecified atom stereocenters. The molecule has 0 aliphatic carbocycles. The maximum Gasteiger partial charge on any atom is 0.231 e. The Balaban J connectivity index is 1.24. The minimum absolute atomic E-state index is 0.00428. The number of nitrogens with one attached hydrogen (secondary N) is 1. The van der Waals surface area contributed by atoms with Crippen molar-refractivity contribution in [2.24, 2.45) is 11.3 Å². The summed E-state index contributed by atoms with van der Waals surface area (Å²) in [5.74, 6) is 0.868. The summed E-state index contributed by atoms with van der Waals surface area (Å²) < 4.78 is 6.05. The van der Waals surface area contributed by atoms with Gasteiger partial charge in [-0.2, -0.15) is 10.2 Å². The van der Waals surface area contributed by atoms with E-state index in [0.29, 0.717) is 19.6 Å². The molecule has 0 radical (unpaired) electrons. The number of rotatable bonds is 5. The lowest BCUT2D eigenvalue weighted by Gasteiger charge is -2.39. The Labute approximate surface area is 182 Å². The van der Waals surface area contributed by atoms with Gasteiger partial charge in [0.05, 0.1) is 30.5 Å². The highest BCUT2D eigenvalue weighted by molar-refractivity contribution is 5.94. The van der Waals surface area contributed by atoms with E-state index < -0.39 is 0 Å². The smallest absolute Gasteiger partial charge is 0.231 e. The number of hydrogen-bond acceptors (Lipinski definition) is 6. The molecule has 1 N–H and O–H groups in total. The number of nitrogens with zero attached hydrogens (tertiary/aromatic N) is 4. The van der Waals surface area contributed by atoms with Crippen molar-refractivity contribution in [3.63, 3.8) is 0 Å². The fraction of sp³-hybridized carbons (Fsp3) is 0.478. The molecule has 0 saturated carbocycles. The number of anilines is 2. The van der Waals surface area contributed by atoms with Crippen molar-refractivity contribution in [2.45, 2.75) is 33.3 Å². The molecular weight excluding hydrogens is 394 g/mol. The van der Waals surface area contributed by atoms with Gasteiger partial charge < -0.3 is 19.9 Å². The molecule has 8 heteroatoms. The first kappa shape index (κ1) is 21.1. The predicted molar refractivity (Wildman–Crippen MR) is 118 cm³/mol. The van der Waals surface area contributed by atoms with Gasteiger partial charge in [0.2, 0.25) is 11.8 Å². The molecule has 2 fully saturated rings. The number of amides is 2. The van der Waals surface area contributed by atoms with Gasteiger partial charge >= 0.3 is 0 Å². The van der Waals surface area contributed by atoms with E-state index in [1.54, 1.807) is 12.4 Å². The van der Waals surface area contributed by atoms with Crippen LogP contribution in [0.1, 0.15) is 27.2 Å². The molecule has 2 amide bonds. The number of carbonyl (C=O) groups is 2. The fourth-order valence-corrected chi connectivity index (χ4v) is 3.86. The third-order valence-electron chi connectivity index (χ3n) is 5.68. The molecule has 0 bridgehead atoms. The Bertz CT molecular complexity index is 920. The van der Waals surface area contributed by atoms with Crippen molar-refractivity contribution in [3.05, 3.63) is 42.7 Å². The molecule has 4 rings (SSSR count). The largest absolute Gasteiger partial charge is 0.489 e. The normalized spacial score (nSPS) is 19.1. The maximum absolute atomic E-state index is 12.5. The first-order valence-electron chi connectivity index (χ1n) is 10.7. The third-order valence-corrected chi connectivity index (χ3v) is 5.68. The van der Waals surface area contributed by atoms with Crippen LogP contribution in [-0.2, 0) is 9.59 Å². The molecule has 3 heterocycles. The molecule has 2 aromatic rings. The predicted octanol–water partition coefficient (Wildman–Crippen LogP) is 2.58. The van der Waals surface area contributed by atoms with Crippen LogP contribution in [-0.4, -0.2) is 59.2 Å². The summed E-state index contributed by atoms with van der Waals surface area (Å²) in [7, 11) is 0. The van der Waals surface area contributed by atoms with Crippen molar-refractivity contribution in [2.75, 3.05) is 36.4 Å². The molecule has 2 aliphatic heterocycles. The zero-order chi connectivity index (χ0) is 22.0. The first-order valence-corrected chi connectivity index (χ1v) is 10.7. The van der Waals surface area contributed by atoms with Crippen molar-refractivity contribution < 1.29 is 14.3 Å². The van der Waals surface area contributed by atoms with Crippen LogP contribution in [0.3, 0.4) is 0 Å². The quantitative estimate of drug-likeness (QED) is 0.795. The van der Waals surface area contributed by atoms with Crippen LogP contribution in [0.4, 0.5) is 11.4 Å². The van der Waals surface area contributed by atoms with Gasteiger partial charge in [-0.3, -0.25) is 9.59 Å². The molecule has 8 nitrogen and oxygen atoms in total. The second-order valence-corrected chi connectivity index (χ2v) is 9.25. The lowest BCUT2D eigenvalue weighted by atomic mass is 9.95. The van der Waals surface area contributed by atoms with Crippen LogP contribution in [0.2, 0.25) is 0 Å². The van der Waals surface area contributed by atoms with Gasteiger partial charge in [0.1, 0.15) is 11.9 Å². The number of carbonyl (C=O) groups excluding carboxylic acids is 2. The Hall–Kier alpha value is -3.16. The van der Waals surface area contributed by atoms with E-state index in [9.17, 15) is 9.59 Å². The summed E-state index contributed by atoms with van der Waals surface area (Å²) >= 11 is 0. The summed E-state index contributed by atoms with van der Waals surface area (Å²) in [4.78, 5) is 28.9. The number of ether oxygens (including phenoxy) is 1. The maximum atomic E-state index is 12.5. The zero-order valence-corrected chi connectivity index (χ0v) is 18.2. The van der Waals surface area contributed by atoms with Gasteiger partial charge in [0.15, 0.2) is 0 Å². The van der Waals surface area contributed by atoms with E-state index in [-0.39, 0.29) is 29.3 Å². The molecule has 0 spiro atoms. The van der Waals surface area contributed by atoms with E-state index in [2.05, 4.69) is 20.4 Å². The van der Waals surface area contributed by atoms with Crippen molar-refractivity contribution in [1.29, 1.82) is 0 Å². The van der Waals surface area contributed by atoms with Gasteiger partial charge in [0, 0.05) is 37.2 Å². The minimum Gasteiger partial charge on any atom is -0.489 e. The standard InChI is InChI=1S/C23H29N5O3/c1-23(2,3)22(30)27-11-9-20(15-27)31-19-6-4-17(5-7-19)26-21(29)16-13-28(14-16)18-8-10-24-25-12-18/h4-8,10,12,16,20H,9,11,13-15H2,1-3H3,(H,26,29)/t20-/m1/s1. The van der Waals surface area contributed by atoms with Gasteiger partial charge in [-0.15, -0.1) is 0 Å². The number of benzene rings is 1. The highest BCUT2D eigenvalue weighted by Crippen LogP contribution is 2.26. The molecule has 2 saturated heterocycles. The van der Waals surface area contributed by atoms with Crippen molar-refractivity contribution >= 4 is 23.2 Å². The lowest BCUT2D eigenvalue weighted by Crippen LogP contribution is -2.52. The molecule has 1 atom stereocenters. The van der Waals surface area contributed by atoms with Gasteiger partial charge in [-0.1, -0.05) is 20.8 Å². The molecule has 1 aromatic carbocycles. The Morgan fingerprint density at radius 2 is 1.81 bits per heavy atom. The van der Waals surface area contributed by atoms with Gasteiger partial charge in [-0.25, -0.2) is 0 Å². The SMILES string of the molecule is CC(C)(C)C(=O)N1CC[C@@H](Oc2ccc(NC(=O)C3CN(c4ccnnc4)C3)cc2)C1. The molecule has 1 aromatic heterocycles. The van der Waals surface area contributed by atoms with Gasteiger partial charge in [0.25, 0.3) is 0 Å². The Morgan fingerprint density at radius 1 is 1.06 bits per heavy atom. The van der Waals surface area contributed by atoms with Crippen LogP contribution >= 0.6 is 0 Å². The lowest BCUT2D eigenvalue weighted by molar-refractivity contribution is -0.138. The number of likely N-dealkylation sites (tertiary alicyclic amines) is 1. The first-order chi connectivity index (χ1) is 14.8. The molecule has 164 valence electrons. The van der Waals surface area contributed by atoms with Crippen LogP contribution in [0.25, 0.3) is 0 Å². The second-order valence-electron chi connectivity index (χ2n) is 9.25. The van der Waals surface area contributed by atoms with Crippen molar-refractivity contribution in [1.82, 2.24) is 15.1 Å². The zero-order valence-electron chi connectivity index (χ0n) is 18.2. The monoisotopic (exact) mass is 423 g/mol. The van der Waals surface area contributed by atoms with Crippen LogP contribution in [0.5, 0.6) is 5.75 Å². The summed E-state index contributed by atoms with van der Waals surface area (Å²) in [6.07, 6.45) is 4.18. The molecular formula is C23H29N5O3. The highest BCUT2D eigenvalue weighted by Gasteiger charge is 2.34. The summed E-state index contributed by atoms with van der Waals surface area (Å²) in [5.41, 5.74) is 1.36. The van der Waals surface area contributed by atoms with Crippen LogP contribution < -0.4 is 15.0 Å². The van der Waals surface area contributed by atoms with Gasteiger partial charge in [-0.05, 0) is 30.3 Å². The van der Waals surface area contributed by atoms with Crippen LogP contribution in [0.15, 0.2) is 42.7 Å². The number of hydrogen-bond donors (Lipinski definition) is 1. The summed E-state index contributed by atoms with van der Waals surface area (Å²) in [6.45, 7) is 8.49. The average molecular weight is 424 g/mol. The fourth-order valence-electron chi connectivity index (χ4n) is 3.86. The summed E-state index contributed by atoms with van der Waals surface area (Å²) in [5, 5.41) is 10.6. The average Bonchev–Trinajstić information content (AvgIpc) is 3.16. The second kappa shape index (κ2) is 8.53. The van der Waals surface area contributed by atoms with Crippen LogP contribution in [0, 0.1) is 11.3 Å².